The molecule has 0 saturated carbocycles. The maximum absolute atomic E-state index is 12.4. The molecule has 0 radical (unpaired) electrons. The highest BCUT2D eigenvalue weighted by molar-refractivity contribution is 5.74. The number of hydrogen-bond acceptors (Lipinski definition) is 3. The average molecular weight is 326 g/mol. The Morgan fingerprint density at radius 1 is 0.917 bits per heavy atom. The van der Waals surface area contributed by atoms with Crippen LogP contribution in [-0.2, 0) is 14.3 Å². The highest BCUT2D eigenvalue weighted by Gasteiger charge is 2.26. The Balaban J connectivity index is 2.27. The van der Waals surface area contributed by atoms with Gasteiger partial charge in [-0.1, -0.05) is 74.0 Å². The summed E-state index contributed by atoms with van der Waals surface area (Å²) in [7, 11) is 0. The lowest BCUT2D eigenvalue weighted by atomic mass is 10.0. The molecule has 0 saturated heterocycles. The zero-order valence-corrected chi connectivity index (χ0v) is 14.6. The second kappa shape index (κ2) is 9.24. The SMILES string of the molecule is CCCC(OC(c1ccccc1)c1ccccc1)C(=O)OC(C)C. The molecule has 0 aromatic heterocycles. The first kappa shape index (κ1) is 18.2. The first-order chi connectivity index (χ1) is 11.6. The molecule has 0 spiro atoms. The van der Waals surface area contributed by atoms with Crippen LogP contribution in [0.1, 0.15) is 50.8 Å². The van der Waals surface area contributed by atoms with Crippen molar-refractivity contribution in [3.63, 3.8) is 0 Å². The molecular weight excluding hydrogens is 300 g/mol. The van der Waals surface area contributed by atoms with Crippen LogP contribution in [0, 0.1) is 0 Å². The van der Waals surface area contributed by atoms with E-state index >= 15 is 0 Å². The number of carbonyl (C=O) groups is 1. The molecule has 2 rings (SSSR count). The molecule has 0 fully saturated rings. The third-order valence-electron chi connectivity index (χ3n) is 3.67. The standard InChI is InChI=1S/C21H26O3/c1-4-11-19(21(22)23-16(2)3)24-20(17-12-7-5-8-13-17)18-14-9-6-10-15-18/h5-10,12-16,19-20H,4,11H2,1-3H3. The molecule has 1 unspecified atom stereocenters. The van der Waals surface area contributed by atoms with E-state index in [1.807, 2.05) is 81.4 Å². The number of esters is 1. The van der Waals surface area contributed by atoms with Crippen LogP contribution >= 0.6 is 0 Å². The van der Waals surface area contributed by atoms with Crippen LogP contribution in [-0.4, -0.2) is 18.2 Å². The summed E-state index contributed by atoms with van der Waals surface area (Å²) in [4.78, 5) is 12.4. The minimum atomic E-state index is -0.567. The molecule has 3 heteroatoms. The number of carbonyl (C=O) groups excluding carboxylic acids is 1. The topological polar surface area (TPSA) is 35.5 Å². The Bertz CT molecular complexity index is 568. The molecule has 0 aliphatic rings. The Hall–Kier alpha value is -2.13. The van der Waals surface area contributed by atoms with E-state index in [1.165, 1.54) is 0 Å². The molecule has 0 bridgehead atoms. The van der Waals surface area contributed by atoms with E-state index < -0.39 is 6.10 Å². The van der Waals surface area contributed by atoms with E-state index in [-0.39, 0.29) is 18.2 Å². The third kappa shape index (κ3) is 5.20. The van der Waals surface area contributed by atoms with Gasteiger partial charge in [0.2, 0.25) is 0 Å². The van der Waals surface area contributed by atoms with E-state index in [9.17, 15) is 4.79 Å². The van der Waals surface area contributed by atoms with Crippen LogP contribution in [0.25, 0.3) is 0 Å². The van der Waals surface area contributed by atoms with Gasteiger partial charge >= 0.3 is 5.97 Å². The monoisotopic (exact) mass is 326 g/mol. The fraction of sp³-hybridized carbons (Fsp3) is 0.381. The maximum Gasteiger partial charge on any atom is 0.335 e. The highest BCUT2D eigenvalue weighted by atomic mass is 16.6. The zero-order chi connectivity index (χ0) is 17.4. The molecule has 3 nitrogen and oxygen atoms in total. The van der Waals surface area contributed by atoms with Crippen molar-refractivity contribution in [1.29, 1.82) is 0 Å². The maximum atomic E-state index is 12.4. The lowest BCUT2D eigenvalue weighted by molar-refractivity contribution is -0.164. The molecule has 0 N–H and O–H groups in total. The first-order valence-corrected chi connectivity index (χ1v) is 8.57. The second-order valence-corrected chi connectivity index (χ2v) is 6.10. The number of rotatable bonds is 8. The van der Waals surface area contributed by atoms with Gasteiger partial charge in [0.25, 0.3) is 0 Å². The smallest absolute Gasteiger partial charge is 0.335 e. The van der Waals surface area contributed by atoms with Crippen molar-refractivity contribution in [2.24, 2.45) is 0 Å². The van der Waals surface area contributed by atoms with Gasteiger partial charge in [-0.15, -0.1) is 0 Å². The van der Waals surface area contributed by atoms with Crippen molar-refractivity contribution in [1.82, 2.24) is 0 Å². The quantitative estimate of drug-likeness (QED) is 0.646. The molecule has 24 heavy (non-hydrogen) atoms. The van der Waals surface area contributed by atoms with Crippen molar-refractivity contribution in [2.45, 2.75) is 51.9 Å². The van der Waals surface area contributed by atoms with Crippen LogP contribution in [0.2, 0.25) is 0 Å². The summed E-state index contributed by atoms with van der Waals surface area (Å²) < 4.78 is 11.6. The zero-order valence-electron chi connectivity index (χ0n) is 14.6. The van der Waals surface area contributed by atoms with Gasteiger partial charge in [-0.25, -0.2) is 4.79 Å². The fourth-order valence-electron chi connectivity index (χ4n) is 2.58. The molecular formula is C21H26O3. The lowest BCUT2D eigenvalue weighted by Crippen LogP contribution is -2.30. The van der Waals surface area contributed by atoms with Crippen molar-refractivity contribution in [3.05, 3.63) is 71.8 Å². The highest BCUT2D eigenvalue weighted by Crippen LogP contribution is 2.28. The van der Waals surface area contributed by atoms with E-state index in [0.29, 0.717) is 6.42 Å². The normalized spacial score (nSPS) is 12.4. The first-order valence-electron chi connectivity index (χ1n) is 8.57. The van der Waals surface area contributed by atoms with Crippen molar-refractivity contribution >= 4 is 5.97 Å². The van der Waals surface area contributed by atoms with Gasteiger partial charge in [0.15, 0.2) is 6.10 Å². The van der Waals surface area contributed by atoms with Gasteiger partial charge in [0.05, 0.1) is 6.10 Å². The predicted molar refractivity (Wildman–Crippen MR) is 95.7 cm³/mol. The summed E-state index contributed by atoms with van der Waals surface area (Å²) in [5, 5.41) is 0. The molecule has 2 aromatic rings. The molecule has 0 amide bonds. The molecule has 128 valence electrons. The Kier molecular flexibility index (Phi) is 7.01. The Morgan fingerprint density at radius 3 is 1.83 bits per heavy atom. The van der Waals surface area contributed by atoms with Gasteiger partial charge in [-0.2, -0.15) is 0 Å². The summed E-state index contributed by atoms with van der Waals surface area (Å²) in [6.07, 6.45) is 0.495. The molecule has 2 aromatic carbocycles. The van der Waals surface area contributed by atoms with Gasteiger partial charge in [-0.05, 0) is 31.4 Å². The summed E-state index contributed by atoms with van der Waals surface area (Å²) in [6.45, 7) is 5.75. The van der Waals surface area contributed by atoms with Crippen molar-refractivity contribution < 1.29 is 14.3 Å². The van der Waals surface area contributed by atoms with Crippen LogP contribution in [0.15, 0.2) is 60.7 Å². The van der Waals surface area contributed by atoms with Crippen LogP contribution in [0.5, 0.6) is 0 Å². The van der Waals surface area contributed by atoms with E-state index in [4.69, 9.17) is 9.47 Å². The summed E-state index contributed by atoms with van der Waals surface area (Å²) in [6, 6.07) is 20.0. The minimum absolute atomic E-state index is 0.146. The largest absolute Gasteiger partial charge is 0.461 e. The summed E-state index contributed by atoms with van der Waals surface area (Å²) in [5.74, 6) is -0.288. The van der Waals surface area contributed by atoms with Crippen LogP contribution in [0.4, 0.5) is 0 Å². The number of benzene rings is 2. The summed E-state index contributed by atoms with van der Waals surface area (Å²) in [5.41, 5.74) is 2.06. The molecule has 0 aliphatic carbocycles. The lowest BCUT2D eigenvalue weighted by Gasteiger charge is -2.25. The van der Waals surface area contributed by atoms with Crippen LogP contribution < -0.4 is 0 Å². The molecule has 0 heterocycles. The van der Waals surface area contributed by atoms with Crippen molar-refractivity contribution in [2.75, 3.05) is 0 Å². The van der Waals surface area contributed by atoms with Gasteiger partial charge in [0.1, 0.15) is 6.10 Å². The Labute approximate surface area is 144 Å². The van der Waals surface area contributed by atoms with Gasteiger partial charge in [-0.3, -0.25) is 0 Å². The summed E-state index contributed by atoms with van der Waals surface area (Å²) >= 11 is 0. The number of hydrogen-bond donors (Lipinski definition) is 0. The second-order valence-electron chi connectivity index (χ2n) is 6.10. The average Bonchev–Trinajstić information content (AvgIpc) is 2.59. The Morgan fingerprint density at radius 2 is 1.42 bits per heavy atom. The van der Waals surface area contributed by atoms with Gasteiger partial charge in [0, 0.05) is 0 Å². The minimum Gasteiger partial charge on any atom is -0.461 e. The predicted octanol–water partition coefficient (Wildman–Crippen LogP) is 4.91. The van der Waals surface area contributed by atoms with Gasteiger partial charge < -0.3 is 9.47 Å². The third-order valence-corrected chi connectivity index (χ3v) is 3.67. The van der Waals surface area contributed by atoms with E-state index in [1.54, 1.807) is 0 Å². The van der Waals surface area contributed by atoms with E-state index in [2.05, 4.69) is 0 Å². The number of ether oxygens (including phenoxy) is 2. The fourth-order valence-corrected chi connectivity index (χ4v) is 2.58. The van der Waals surface area contributed by atoms with E-state index in [0.717, 1.165) is 17.5 Å². The molecule has 1 atom stereocenters. The van der Waals surface area contributed by atoms with Crippen molar-refractivity contribution in [3.8, 4) is 0 Å². The van der Waals surface area contributed by atoms with Crippen LogP contribution in [0.3, 0.4) is 0 Å². The molecule has 0 aliphatic heterocycles.